The van der Waals surface area contributed by atoms with E-state index in [1.807, 2.05) is 13.8 Å². The lowest BCUT2D eigenvalue weighted by atomic mass is 9.91. The van der Waals surface area contributed by atoms with Crippen LogP contribution in [0.3, 0.4) is 0 Å². The second-order valence-corrected chi connectivity index (χ2v) is 2.96. The molecule has 82 valence electrons. The first-order valence-electron chi connectivity index (χ1n) is 4.77. The van der Waals surface area contributed by atoms with E-state index in [1.165, 1.54) is 0 Å². The highest BCUT2D eigenvalue weighted by atomic mass is 16.4. The normalized spacial score (nSPS) is 25.9. The molecule has 0 amide bonds. The van der Waals surface area contributed by atoms with Crippen LogP contribution in [-0.2, 0) is 9.59 Å². The number of carboxylic acid groups (broad SMARTS) is 2. The zero-order valence-electron chi connectivity index (χ0n) is 8.49. The van der Waals surface area contributed by atoms with Gasteiger partial charge in [0.05, 0.1) is 11.8 Å². The van der Waals surface area contributed by atoms with Crippen LogP contribution in [0.25, 0.3) is 0 Å². The van der Waals surface area contributed by atoms with E-state index in [2.05, 4.69) is 5.32 Å². The van der Waals surface area contributed by atoms with Crippen molar-refractivity contribution in [3.05, 3.63) is 0 Å². The summed E-state index contributed by atoms with van der Waals surface area (Å²) in [6.45, 7) is 4.75. The first-order valence-corrected chi connectivity index (χ1v) is 4.77. The highest BCUT2D eigenvalue weighted by Gasteiger charge is 2.30. The summed E-state index contributed by atoms with van der Waals surface area (Å²) < 4.78 is 0. The third-order valence-electron chi connectivity index (χ3n) is 2.05. The van der Waals surface area contributed by atoms with Crippen LogP contribution in [0.2, 0.25) is 0 Å². The van der Waals surface area contributed by atoms with Gasteiger partial charge < -0.3 is 15.5 Å². The van der Waals surface area contributed by atoms with Gasteiger partial charge in [-0.25, -0.2) is 0 Å². The van der Waals surface area contributed by atoms with Gasteiger partial charge in [-0.3, -0.25) is 9.59 Å². The predicted molar refractivity (Wildman–Crippen MR) is 51.1 cm³/mol. The Bertz CT molecular complexity index is 185. The SMILES string of the molecule is CC.O=C(O)C1CNCC(C(=O)O)C1. The number of carbonyl (C=O) groups is 2. The molecule has 5 heteroatoms. The summed E-state index contributed by atoms with van der Waals surface area (Å²) in [5.41, 5.74) is 0. The standard InChI is InChI=1S/C7H11NO4.C2H6/c9-6(10)4-1-5(7(11)12)3-8-2-4;1-2/h4-5,8H,1-3H2,(H,9,10)(H,11,12);1-2H3. The molecule has 0 saturated carbocycles. The molecule has 0 bridgehead atoms. The lowest BCUT2D eigenvalue weighted by Gasteiger charge is -2.24. The van der Waals surface area contributed by atoms with Gasteiger partial charge in [0.1, 0.15) is 0 Å². The molecule has 14 heavy (non-hydrogen) atoms. The van der Waals surface area contributed by atoms with Crippen LogP contribution >= 0.6 is 0 Å². The Labute approximate surface area is 83.1 Å². The molecule has 0 spiro atoms. The monoisotopic (exact) mass is 203 g/mol. The fourth-order valence-corrected chi connectivity index (χ4v) is 1.32. The molecule has 0 aliphatic carbocycles. The summed E-state index contributed by atoms with van der Waals surface area (Å²) in [6, 6.07) is 0. The van der Waals surface area contributed by atoms with Gasteiger partial charge in [-0.15, -0.1) is 0 Å². The van der Waals surface area contributed by atoms with E-state index in [0.717, 1.165) is 0 Å². The largest absolute Gasteiger partial charge is 0.481 e. The van der Waals surface area contributed by atoms with E-state index >= 15 is 0 Å². The van der Waals surface area contributed by atoms with Gasteiger partial charge in [-0.1, -0.05) is 13.8 Å². The Balaban J connectivity index is 0.000000791. The van der Waals surface area contributed by atoms with Crippen LogP contribution in [0.4, 0.5) is 0 Å². The highest BCUT2D eigenvalue weighted by Crippen LogP contribution is 2.16. The minimum absolute atomic E-state index is 0.234. The van der Waals surface area contributed by atoms with Crippen LogP contribution in [0, 0.1) is 11.8 Å². The van der Waals surface area contributed by atoms with Crippen molar-refractivity contribution in [1.82, 2.24) is 5.32 Å². The molecule has 1 saturated heterocycles. The number of piperidine rings is 1. The van der Waals surface area contributed by atoms with Crippen molar-refractivity contribution >= 4 is 11.9 Å². The summed E-state index contributed by atoms with van der Waals surface area (Å²) in [4.78, 5) is 21.0. The Hall–Kier alpha value is -1.10. The predicted octanol–water partition coefficient (Wildman–Crippen LogP) is 0.407. The van der Waals surface area contributed by atoms with Crippen LogP contribution in [0.1, 0.15) is 20.3 Å². The summed E-state index contributed by atoms with van der Waals surface area (Å²) in [7, 11) is 0. The number of hydrogen-bond acceptors (Lipinski definition) is 3. The van der Waals surface area contributed by atoms with E-state index in [9.17, 15) is 9.59 Å². The fraction of sp³-hybridized carbons (Fsp3) is 0.778. The third-order valence-corrected chi connectivity index (χ3v) is 2.05. The van der Waals surface area contributed by atoms with Crippen molar-refractivity contribution in [3.8, 4) is 0 Å². The van der Waals surface area contributed by atoms with Gasteiger partial charge in [0.2, 0.25) is 0 Å². The Morgan fingerprint density at radius 2 is 1.43 bits per heavy atom. The maximum atomic E-state index is 10.5. The van der Waals surface area contributed by atoms with Gasteiger partial charge in [0.25, 0.3) is 0 Å². The van der Waals surface area contributed by atoms with E-state index in [1.54, 1.807) is 0 Å². The minimum Gasteiger partial charge on any atom is -0.481 e. The van der Waals surface area contributed by atoms with Gasteiger partial charge in [-0.05, 0) is 6.42 Å². The molecule has 1 aliphatic rings. The molecule has 1 heterocycles. The zero-order valence-corrected chi connectivity index (χ0v) is 8.49. The van der Waals surface area contributed by atoms with Crippen molar-refractivity contribution in [1.29, 1.82) is 0 Å². The Morgan fingerprint density at radius 3 is 1.71 bits per heavy atom. The third kappa shape index (κ3) is 3.74. The molecule has 2 atom stereocenters. The van der Waals surface area contributed by atoms with Gasteiger partial charge >= 0.3 is 11.9 Å². The first-order chi connectivity index (χ1) is 6.61. The Kier molecular flexibility index (Phi) is 5.87. The lowest BCUT2D eigenvalue weighted by Crippen LogP contribution is -2.42. The van der Waals surface area contributed by atoms with Gasteiger partial charge in [0.15, 0.2) is 0 Å². The maximum Gasteiger partial charge on any atom is 0.307 e. The van der Waals surface area contributed by atoms with E-state index in [-0.39, 0.29) is 6.42 Å². The summed E-state index contributed by atoms with van der Waals surface area (Å²) in [6.07, 6.45) is 0.234. The summed E-state index contributed by atoms with van der Waals surface area (Å²) in [5.74, 6) is -2.96. The molecular weight excluding hydrogens is 186 g/mol. The molecule has 1 aliphatic heterocycles. The Morgan fingerprint density at radius 1 is 1.07 bits per heavy atom. The number of carboxylic acids is 2. The van der Waals surface area contributed by atoms with Crippen molar-refractivity contribution in [2.45, 2.75) is 20.3 Å². The summed E-state index contributed by atoms with van der Waals surface area (Å²) in [5, 5.41) is 20.0. The smallest absolute Gasteiger partial charge is 0.307 e. The van der Waals surface area contributed by atoms with Crippen LogP contribution in [0.5, 0.6) is 0 Å². The van der Waals surface area contributed by atoms with E-state index < -0.39 is 23.8 Å². The molecule has 0 aromatic rings. The fourth-order valence-electron chi connectivity index (χ4n) is 1.32. The van der Waals surface area contributed by atoms with Crippen molar-refractivity contribution in [3.63, 3.8) is 0 Å². The average molecular weight is 203 g/mol. The van der Waals surface area contributed by atoms with E-state index in [0.29, 0.717) is 13.1 Å². The zero-order chi connectivity index (χ0) is 11.1. The van der Waals surface area contributed by atoms with E-state index in [4.69, 9.17) is 10.2 Å². The molecule has 5 nitrogen and oxygen atoms in total. The van der Waals surface area contributed by atoms with Crippen molar-refractivity contribution < 1.29 is 19.8 Å². The number of aliphatic carboxylic acids is 2. The molecule has 0 aromatic heterocycles. The quantitative estimate of drug-likeness (QED) is 0.605. The first kappa shape index (κ1) is 12.9. The van der Waals surface area contributed by atoms with Crippen molar-refractivity contribution in [2.75, 3.05) is 13.1 Å². The number of hydrogen-bond donors (Lipinski definition) is 3. The van der Waals surface area contributed by atoms with Crippen LogP contribution in [-0.4, -0.2) is 35.2 Å². The summed E-state index contributed by atoms with van der Waals surface area (Å²) >= 11 is 0. The maximum absolute atomic E-state index is 10.5. The topological polar surface area (TPSA) is 86.6 Å². The van der Waals surface area contributed by atoms with Crippen LogP contribution < -0.4 is 5.32 Å². The molecule has 3 N–H and O–H groups in total. The molecule has 1 rings (SSSR count). The molecule has 0 aromatic carbocycles. The highest BCUT2D eigenvalue weighted by molar-refractivity contribution is 5.74. The molecule has 0 radical (unpaired) electrons. The number of rotatable bonds is 2. The number of nitrogens with one attached hydrogen (secondary N) is 1. The van der Waals surface area contributed by atoms with Gasteiger partial charge in [-0.2, -0.15) is 0 Å². The van der Waals surface area contributed by atoms with Crippen molar-refractivity contribution in [2.24, 2.45) is 11.8 Å². The molecular formula is C9H17NO4. The minimum atomic E-state index is -0.923. The lowest BCUT2D eigenvalue weighted by molar-refractivity contribution is -0.146. The molecule has 2 unspecified atom stereocenters. The van der Waals surface area contributed by atoms with Crippen LogP contribution in [0.15, 0.2) is 0 Å². The second kappa shape index (κ2) is 6.37. The second-order valence-electron chi connectivity index (χ2n) is 2.96. The molecule has 1 fully saturated rings. The van der Waals surface area contributed by atoms with Gasteiger partial charge in [0, 0.05) is 13.1 Å². The average Bonchev–Trinajstić information content (AvgIpc) is 2.21.